The number of aryl methyl sites for hydroxylation is 1. The normalized spacial score (nSPS) is 12.6. The molecule has 5 rings (SSSR count). The van der Waals surface area contributed by atoms with E-state index in [2.05, 4.69) is 91.9 Å². The maximum absolute atomic E-state index is 2.33. The summed E-state index contributed by atoms with van der Waals surface area (Å²) in [4.78, 5) is 0. The summed E-state index contributed by atoms with van der Waals surface area (Å²) in [6, 6.07) is 26.5. The third-order valence-corrected chi connectivity index (χ3v) is 5.23. The summed E-state index contributed by atoms with van der Waals surface area (Å²) < 4.78 is 0. The monoisotopic (exact) mass is 479 g/mol. The summed E-state index contributed by atoms with van der Waals surface area (Å²) >= 11 is 0. The Kier molecular flexibility index (Phi) is 7.57. The maximum atomic E-state index is 2.33. The fraction of sp³-hybridized carbons (Fsp3) is 0.0800. The molecule has 0 unspecified atom stereocenters. The van der Waals surface area contributed by atoms with Crippen LogP contribution in [0, 0.1) is 6.92 Å². The second-order valence-corrected chi connectivity index (χ2v) is 6.87. The second kappa shape index (κ2) is 9.31. The molecule has 4 aromatic rings. The number of fused-ring (bicyclic) bond motifs is 3. The molecular weight excluding hydrogens is 462 g/mol. The molecule has 0 aromatic heterocycles. The van der Waals surface area contributed by atoms with E-state index in [9.17, 15) is 0 Å². The van der Waals surface area contributed by atoms with Gasteiger partial charge < -0.3 is 24.8 Å². The Bertz CT molecular complexity index is 1170. The van der Waals surface area contributed by atoms with Crippen molar-refractivity contribution in [1.82, 2.24) is 0 Å². The molecular formula is C25H19Cl2Zr. The van der Waals surface area contributed by atoms with Crippen LogP contribution in [-0.4, -0.2) is 0 Å². The van der Waals surface area contributed by atoms with E-state index in [1.165, 1.54) is 49.4 Å². The van der Waals surface area contributed by atoms with Gasteiger partial charge in [0.1, 0.15) is 0 Å². The van der Waals surface area contributed by atoms with E-state index in [1.54, 1.807) is 0 Å². The van der Waals surface area contributed by atoms with E-state index in [0.717, 1.165) is 6.42 Å². The Morgan fingerprint density at radius 1 is 0.821 bits per heavy atom. The number of hydrogen-bond acceptors (Lipinski definition) is 0. The SMILES string of the molecule is Cc1ccc2[cH-]c3cccc(C4=C(c5ccccc5)C=CC4)c3c2c1.[Cl-].[Cl-].[Zr+3]. The molecule has 0 fully saturated rings. The Morgan fingerprint density at radius 2 is 1.61 bits per heavy atom. The third kappa shape index (κ3) is 3.81. The van der Waals surface area contributed by atoms with Crippen molar-refractivity contribution in [1.29, 1.82) is 0 Å². The standard InChI is InChI=1S/C25H19.2ClH.Zr/c1-17-13-14-19-16-20-9-5-12-23(25(20)24(19)15-17)22-11-6-10-21(22)18-7-3-2-4-8-18;;;/h2-10,12-16H,11H2,1H3;2*1H;/q-1;;;+3/p-2. The fourth-order valence-corrected chi connectivity index (χ4v) is 4.07. The van der Waals surface area contributed by atoms with Crippen molar-refractivity contribution < 1.29 is 51.0 Å². The molecule has 28 heavy (non-hydrogen) atoms. The van der Waals surface area contributed by atoms with Crippen LogP contribution in [0.15, 0.2) is 84.9 Å². The fourth-order valence-electron chi connectivity index (χ4n) is 4.07. The molecule has 0 atom stereocenters. The molecule has 0 N–H and O–H groups in total. The van der Waals surface area contributed by atoms with Crippen LogP contribution in [0.25, 0.3) is 32.7 Å². The van der Waals surface area contributed by atoms with Crippen molar-refractivity contribution >= 4 is 32.7 Å². The van der Waals surface area contributed by atoms with Crippen LogP contribution in [0.5, 0.6) is 0 Å². The second-order valence-electron chi connectivity index (χ2n) is 6.87. The number of benzene rings is 3. The molecule has 3 heteroatoms. The number of hydrogen-bond donors (Lipinski definition) is 0. The van der Waals surface area contributed by atoms with Crippen LogP contribution in [-0.2, 0) is 26.2 Å². The van der Waals surface area contributed by atoms with E-state index < -0.39 is 0 Å². The summed E-state index contributed by atoms with van der Waals surface area (Å²) in [5, 5.41) is 5.44. The average Bonchev–Trinajstić information content (AvgIpc) is 3.26. The Labute approximate surface area is 197 Å². The van der Waals surface area contributed by atoms with Crippen molar-refractivity contribution in [2.24, 2.45) is 0 Å². The zero-order chi connectivity index (χ0) is 16.8. The van der Waals surface area contributed by atoms with E-state index in [1.807, 2.05) is 0 Å². The summed E-state index contributed by atoms with van der Waals surface area (Å²) in [7, 11) is 0. The van der Waals surface area contributed by atoms with Crippen LogP contribution >= 0.6 is 0 Å². The van der Waals surface area contributed by atoms with Gasteiger partial charge in [-0.1, -0.05) is 77.9 Å². The van der Waals surface area contributed by atoms with Crippen LogP contribution < -0.4 is 24.8 Å². The van der Waals surface area contributed by atoms with Gasteiger partial charge in [-0.15, -0.1) is 39.7 Å². The van der Waals surface area contributed by atoms with Gasteiger partial charge in [-0.25, -0.2) is 0 Å². The summed E-state index contributed by atoms with van der Waals surface area (Å²) in [6.07, 6.45) is 5.56. The van der Waals surface area contributed by atoms with Crippen LogP contribution in [0.3, 0.4) is 0 Å². The Hall–Kier alpha value is -1.53. The third-order valence-electron chi connectivity index (χ3n) is 5.23. The largest absolute Gasteiger partial charge is 3.00 e. The van der Waals surface area contributed by atoms with Gasteiger partial charge >= 0.3 is 26.2 Å². The molecule has 137 valence electrons. The smallest absolute Gasteiger partial charge is 1.00 e. The molecule has 0 spiro atoms. The van der Waals surface area contributed by atoms with E-state index in [-0.39, 0.29) is 51.0 Å². The predicted octanol–water partition coefficient (Wildman–Crippen LogP) is 0.897. The minimum Gasteiger partial charge on any atom is -1.00 e. The first kappa shape index (κ1) is 22.8. The minimum atomic E-state index is 0. The molecule has 1 radical (unpaired) electrons. The molecule has 0 saturated heterocycles. The zero-order valence-corrected chi connectivity index (χ0v) is 19.5. The molecule has 0 saturated carbocycles. The maximum Gasteiger partial charge on any atom is 3.00 e. The quantitative estimate of drug-likeness (QED) is 0.374. The van der Waals surface area contributed by atoms with Gasteiger partial charge in [0.2, 0.25) is 0 Å². The van der Waals surface area contributed by atoms with Crippen molar-refractivity contribution in [3.05, 3.63) is 102 Å². The van der Waals surface area contributed by atoms with Crippen LogP contribution in [0.1, 0.15) is 23.1 Å². The number of halogens is 2. The van der Waals surface area contributed by atoms with Crippen LogP contribution in [0.4, 0.5) is 0 Å². The van der Waals surface area contributed by atoms with Gasteiger partial charge in [0.25, 0.3) is 0 Å². The molecule has 1 aliphatic carbocycles. The first-order valence-electron chi connectivity index (χ1n) is 8.85. The predicted molar refractivity (Wildman–Crippen MR) is 109 cm³/mol. The Balaban J connectivity index is 0.000000934. The molecule has 0 nitrogen and oxygen atoms in total. The van der Waals surface area contributed by atoms with Gasteiger partial charge in [0.05, 0.1) is 0 Å². The summed E-state index contributed by atoms with van der Waals surface area (Å²) in [5.74, 6) is 0. The zero-order valence-electron chi connectivity index (χ0n) is 15.5. The molecule has 0 aliphatic heterocycles. The van der Waals surface area contributed by atoms with Gasteiger partial charge in [-0.3, -0.25) is 0 Å². The van der Waals surface area contributed by atoms with Gasteiger partial charge in [-0.2, -0.15) is 0 Å². The molecule has 1 aliphatic rings. The van der Waals surface area contributed by atoms with E-state index >= 15 is 0 Å². The van der Waals surface area contributed by atoms with Gasteiger partial charge in [0.15, 0.2) is 0 Å². The minimum absolute atomic E-state index is 0. The van der Waals surface area contributed by atoms with Crippen molar-refractivity contribution in [2.75, 3.05) is 0 Å². The first-order valence-corrected chi connectivity index (χ1v) is 8.85. The number of rotatable bonds is 2. The topological polar surface area (TPSA) is 0 Å². The van der Waals surface area contributed by atoms with E-state index in [4.69, 9.17) is 0 Å². The summed E-state index contributed by atoms with van der Waals surface area (Å²) in [6.45, 7) is 2.17. The average molecular weight is 482 g/mol. The first-order chi connectivity index (χ1) is 12.3. The van der Waals surface area contributed by atoms with Gasteiger partial charge in [-0.05, 0) is 30.1 Å². The molecule has 4 aromatic carbocycles. The molecule has 0 amide bonds. The number of allylic oxidation sites excluding steroid dienone is 4. The molecule has 0 heterocycles. The van der Waals surface area contributed by atoms with Crippen molar-refractivity contribution in [3.63, 3.8) is 0 Å². The van der Waals surface area contributed by atoms with E-state index in [0.29, 0.717) is 0 Å². The van der Waals surface area contributed by atoms with Crippen molar-refractivity contribution in [3.8, 4) is 0 Å². The molecule has 0 bridgehead atoms. The van der Waals surface area contributed by atoms with Gasteiger partial charge in [0, 0.05) is 0 Å². The van der Waals surface area contributed by atoms with Crippen molar-refractivity contribution in [2.45, 2.75) is 13.3 Å². The van der Waals surface area contributed by atoms with Crippen LogP contribution in [0.2, 0.25) is 0 Å². The Morgan fingerprint density at radius 3 is 2.39 bits per heavy atom. The summed E-state index contributed by atoms with van der Waals surface area (Å²) in [5.41, 5.74) is 6.79.